The Morgan fingerprint density at radius 2 is 1.93 bits per heavy atom. The van der Waals surface area contributed by atoms with Gasteiger partial charge in [0.15, 0.2) is 5.82 Å². The van der Waals surface area contributed by atoms with Crippen molar-refractivity contribution in [2.24, 2.45) is 0 Å². The quantitative estimate of drug-likeness (QED) is 0.223. The summed E-state index contributed by atoms with van der Waals surface area (Å²) in [4.78, 5) is 36.5. The number of aromatic nitrogens is 6. The molecule has 4 N–H and O–H groups in total. The molecule has 4 aromatic heterocycles. The summed E-state index contributed by atoms with van der Waals surface area (Å²) in [5.74, 6) is -0.119. The van der Waals surface area contributed by atoms with Crippen molar-refractivity contribution in [2.75, 3.05) is 31.1 Å². The number of nitrogens with zero attached hydrogens (tertiary/aromatic N) is 6. The molecule has 0 spiro atoms. The number of hydrogen-bond acceptors (Lipinski definition) is 10. The molecule has 1 aliphatic rings. The van der Waals surface area contributed by atoms with Gasteiger partial charge in [-0.2, -0.15) is 4.98 Å². The zero-order valence-corrected chi connectivity index (χ0v) is 24.7. The largest absolute Gasteiger partial charge is 0.392 e. The predicted molar refractivity (Wildman–Crippen MR) is 162 cm³/mol. The number of hydrogen-bond donors (Lipinski definition) is 4. The number of H-pyrrole nitrogens is 1. The topological polar surface area (TPSA) is 158 Å². The number of aliphatic hydroxyl groups excluding tert-OH is 1. The summed E-state index contributed by atoms with van der Waals surface area (Å²) < 4.78 is 5.18. The summed E-state index contributed by atoms with van der Waals surface area (Å²) in [6.45, 7) is 11.3. The van der Waals surface area contributed by atoms with Crippen LogP contribution in [0.3, 0.4) is 0 Å². The minimum atomic E-state index is -0.476. The standard InChI is InChI=1S/C31H35N9O3/c1-18(36-28(42)29-38-30(39-43-29)31(2,3)4)22-7-5-19(13-20(22)16-41)26-23-14-25(37-27(23)35-17-34-26)24-8-6-21(15-33-24)40-11-9-32-10-12-40/h5-8,13-15,17-18,32,41H,9-12,16H2,1-4H3,(H,36,42)(H,34,35,37)/t18-/m1/s1. The second-order valence-corrected chi connectivity index (χ2v) is 11.7. The van der Waals surface area contributed by atoms with Gasteiger partial charge < -0.3 is 30.1 Å². The van der Waals surface area contributed by atoms with Crippen LogP contribution in [0.4, 0.5) is 5.69 Å². The SMILES string of the molecule is C[C@@H](NC(=O)c1nc(C(C)(C)C)no1)c1ccc(-c2ncnc3[nH]c(-c4ccc(N5CCNCC5)cn4)cc23)cc1CO. The summed E-state index contributed by atoms with van der Waals surface area (Å²) in [7, 11) is 0. The lowest BCUT2D eigenvalue weighted by Gasteiger charge is -2.29. The molecular formula is C31H35N9O3. The molecule has 1 aromatic carbocycles. The second kappa shape index (κ2) is 11.5. The van der Waals surface area contributed by atoms with Gasteiger partial charge in [0.2, 0.25) is 0 Å². The molecule has 5 aromatic rings. The molecule has 0 saturated carbocycles. The van der Waals surface area contributed by atoms with Crippen LogP contribution in [0, 0.1) is 0 Å². The van der Waals surface area contributed by atoms with Crippen LogP contribution in [0.1, 0.15) is 61.4 Å². The molecule has 1 saturated heterocycles. The number of rotatable bonds is 7. The molecule has 6 rings (SSSR count). The Morgan fingerprint density at radius 1 is 1.12 bits per heavy atom. The maximum atomic E-state index is 12.8. The Labute approximate surface area is 249 Å². The van der Waals surface area contributed by atoms with E-state index in [-0.39, 0.29) is 17.9 Å². The molecule has 222 valence electrons. The number of carbonyl (C=O) groups is 1. The van der Waals surface area contributed by atoms with E-state index in [2.05, 4.69) is 46.7 Å². The fraction of sp³-hybridized carbons (Fsp3) is 0.355. The summed E-state index contributed by atoms with van der Waals surface area (Å²) in [6, 6.07) is 11.4. The number of piperazine rings is 1. The van der Waals surface area contributed by atoms with Gasteiger partial charge >= 0.3 is 11.8 Å². The molecule has 0 bridgehead atoms. The highest BCUT2D eigenvalue weighted by Crippen LogP contribution is 2.32. The Kier molecular flexibility index (Phi) is 7.63. The molecular weight excluding hydrogens is 546 g/mol. The van der Waals surface area contributed by atoms with Gasteiger partial charge in [0, 0.05) is 42.5 Å². The number of pyridine rings is 1. The monoisotopic (exact) mass is 581 g/mol. The molecule has 5 heterocycles. The highest BCUT2D eigenvalue weighted by molar-refractivity contribution is 5.94. The summed E-state index contributed by atoms with van der Waals surface area (Å²) in [5.41, 5.74) is 6.09. The van der Waals surface area contributed by atoms with Gasteiger partial charge in [0.25, 0.3) is 0 Å². The van der Waals surface area contributed by atoms with Gasteiger partial charge in [-0.25, -0.2) is 9.97 Å². The number of nitrogens with one attached hydrogen (secondary N) is 3. The highest BCUT2D eigenvalue weighted by Gasteiger charge is 2.25. The Morgan fingerprint density at radius 3 is 2.63 bits per heavy atom. The first-order chi connectivity index (χ1) is 20.7. The van der Waals surface area contributed by atoms with Crippen LogP contribution in [0.2, 0.25) is 0 Å². The van der Waals surface area contributed by atoms with Gasteiger partial charge in [-0.3, -0.25) is 9.78 Å². The van der Waals surface area contributed by atoms with Crippen molar-refractivity contribution < 1.29 is 14.4 Å². The fourth-order valence-electron chi connectivity index (χ4n) is 5.23. The van der Waals surface area contributed by atoms with Crippen LogP contribution >= 0.6 is 0 Å². The smallest absolute Gasteiger partial charge is 0.315 e. The lowest BCUT2D eigenvalue weighted by atomic mass is 9.96. The van der Waals surface area contributed by atoms with Gasteiger partial charge in [-0.15, -0.1) is 0 Å². The molecule has 43 heavy (non-hydrogen) atoms. The Balaban J connectivity index is 1.24. The molecule has 0 unspecified atom stereocenters. The normalized spacial score (nSPS) is 14.7. The van der Waals surface area contributed by atoms with Gasteiger partial charge in [0.1, 0.15) is 12.0 Å². The van der Waals surface area contributed by atoms with Crippen molar-refractivity contribution >= 4 is 22.6 Å². The average Bonchev–Trinajstić information content (AvgIpc) is 3.70. The lowest BCUT2D eigenvalue weighted by Crippen LogP contribution is -2.43. The van der Waals surface area contributed by atoms with Crippen molar-refractivity contribution in [2.45, 2.75) is 45.8 Å². The van der Waals surface area contributed by atoms with E-state index in [1.54, 1.807) is 0 Å². The van der Waals surface area contributed by atoms with E-state index in [0.29, 0.717) is 17.0 Å². The van der Waals surface area contributed by atoms with E-state index in [9.17, 15) is 9.90 Å². The summed E-state index contributed by atoms with van der Waals surface area (Å²) >= 11 is 0. The number of carbonyl (C=O) groups excluding carboxylic acids is 1. The number of aliphatic hydroxyl groups is 1. The van der Waals surface area contributed by atoms with Crippen molar-refractivity contribution in [3.05, 3.63) is 71.8 Å². The third-order valence-electron chi connectivity index (χ3n) is 7.62. The van der Waals surface area contributed by atoms with Crippen LogP contribution in [0.15, 0.2) is 53.4 Å². The molecule has 12 heteroatoms. The minimum Gasteiger partial charge on any atom is -0.392 e. The first-order valence-corrected chi connectivity index (χ1v) is 14.4. The number of fused-ring (bicyclic) bond motifs is 1. The van der Waals surface area contributed by atoms with Crippen molar-refractivity contribution in [3.8, 4) is 22.6 Å². The van der Waals surface area contributed by atoms with Crippen molar-refractivity contribution in [1.82, 2.24) is 40.7 Å². The van der Waals surface area contributed by atoms with Crippen LogP contribution < -0.4 is 15.5 Å². The molecule has 0 radical (unpaired) electrons. The van der Waals surface area contributed by atoms with Crippen LogP contribution in [-0.4, -0.2) is 67.3 Å². The molecule has 12 nitrogen and oxygen atoms in total. The van der Waals surface area contributed by atoms with E-state index in [4.69, 9.17) is 9.51 Å². The molecule has 1 fully saturated rings. The predicted octanol–water partition coefficient (Wildman–Crippen LogP) is 3.76. The van der Waals surface area contributed by atoms with E-state index >= 15 is 0 Å². The maximum Gasteiger partial charge on any atom is 0.315 e. The number of aromatic amines is 1. The summed E-state index contributed by atoms with van der Waals surface area (Å²) in [5, 5.41) is 21.3. The van der Waals surface area contributed by atoms with Gasteiger partial charge in [0.05, 0.1) is 41.6 Å². The first-order valence-electron chi connectivity index (χ1n) is 14.4. The van der Waals surface area contributed by atoms with Gasteiger partial charge in [-0.05, 0) is 42.3 Å². The van der Waals surface area contributed by atoms with E-state index < -0.39 is 11.9 Å². The molecule has 1 amide bonds. The fourth-order valence-corrected chi connectivity index (χ4v) is 5.23. The highest BCUT2D eigenvalue weighted by atomic mass is 16.5. The number of amides is 1. The third kappa shape index (κ3) is 5.84. The van der Waals surface area contributed by atoms with Crippen LogP contribution in [0.5, 0.6) is 0 Å². The van der Waals surface area contributed by atoms with E-state index in [0.717, 1.165) is 65.5 Å². The Hall–Kier alpha value is -4.68. The minimum absolute atomic E-state index is 0.0986. The van der Waals surface area contributed by atoms with Gasteiger partial charge in [-0.1, -0.05) is 38.1 Å². The van der Waals surface area contributed by atoms with E-state index in [1.165, 1.54) is 6.33 Å². The van der Waals surface area contributed by atoms with Crippen LogP contribution in [-0.2, 0) is 12.0 Å². The van der Waals surface area contributed by atoms with Crippen molar-refractivity contribution in [1.29, 1.82) is 0 Å². The summed E-state index contributed by atoms with van der Waals surface area (Å²) in [6.07, 6.45) is 3.43. The van der Waals surface area contributed by atoms with Crippen molar-refractivity contribution in [3.63, 3.8) is 0 Å². The first kappa shape index (κ1) is 28.4. The lowest BCUT2D eigenvalue weighted by molar-refractivity contribution is 0.0895. The molecule has 0 aliphatic carbocycles. The third-order valence-corrected chi connectivity index (χ3v) is 7.62. The second-order valence-electron chi connectivity index (χ2n) is 11.7. The van der Waals surface area contributed by atoms with E-state index in [1.807, 2.05) is 64.2 Å². The number of anilines is 1. The molecule has 1 atom stereocenters. The maximum absolute atomic E-state index is 12.8. The van der Waals surface area contributed by atoms with Crippen LogP contribution in [0.25, 0.3) is 33.7 Å². The zero-order valence-electron chi connectivity index (χ0n) is 24.7. The number of benzene rings is 1. The zero-order chi connectivity index (χ0) is 30.1. The average molecular weight is 582 g/mol. The molecule has 1 aliphatic heterocycles. The Bertz CT molecular complexity index is 1750.